The van der Waals surface area contributed by atoms with Crippen molar-refractivity contribution in [2.24, 2.45) is 5.10 Å². The summed E-state index contributed by atoms with van der Waals surface area (Å²) in [6.07, 6.45) is 1.51. The Morgan fingerprint density at radius 1 is 1.28 bits per heavy atom. The fraction of sp³-hybridized carbons (Fsp3) is 0.222. The van der Waals surface area contributed by atoms with Crippen molar-refractivity contribution in [2.75, 3.05) is 0 Å². The Morgan fingerprint density at radius 3 is 2.64 bits per heavy atom. The third kappa shape index (κ3) is 4.87. The maximum atomic E-state index is 12.1. The Morgan fingerprint density at radius 2 is 2.00 bits per heavy atom. The molecule has 1 N–H and O–H groups in total. The highest BCUT2D eigenvalue weighted by Gasteiger charge is 2.13. The summed E-state index contributed by atoms with van der Waals surface area (Å²) in [7, 11) is 0. The molecule has 2 aromatic carbocycles. The Bertz CT molecular complexity index is 816. The Kier molecular flexibility index (Phi) is 5.84. The van der Waals surface area contributed by atoms with Gasteiger partial charge in [-0.2, -0.15) is 5.10 Å². The Balaban J connectivity index is 2.09. The second-order valence-electron chi connectivity index (χ2n) is 5.66. The summed E-state index contributed by atoms with van der Waals surface area (Å²) in [5, 5.41) is 14.7. The van der Waals surface area contributed by atoms with Crippen LogP contribution in [0.5, 0.6) is 5.75 Å². The van der Waals surface area contributed by atoms with E-state index in [0.717, 1.165) is 5.56 Å². The van der Waals surface area contributed by atoms with Gasteiger partial charge in [0, 0.05) is 22.8 Å². The average molecular weight is 341 g/mol. The number of nitro benzene ring substituents is 1. The van der Waals surface area contributed by atoms with Gasteiger partial charge in [0.25, 0.3) is 11.6 Å². The zero-order chi connectivity index (χ0) is 18.4. The fourth-order valence-electron chi connectivity index (χ4n) is 2.17. The summed E-state index contributed by atoms with van der Waals surface area (Å²) in [5.41, 5.74) is 3.83. The second-order valence-corrected chi connectivity index (χ2v) is 5.66. The predicted molar refractivity (Wildman–Crippen MR) is 95.1 cm³/mol. The number of hydrazone groups is 1. The van der Waals surface area contributed by atoms with E-state index in [4.69, 9.17) is 4.74 Å². The molecule has 0 unspecified atom stereocenters. The minimum atomic E-state index is -0.485. The average Bonchev–Trinajstić information content (AvgIpc) is 2.55. The van der Waals surface area contributed by atoms with Crippen LogP contribution in [0.4, 0.5) is 5.69 Å². The van der Waals surface area contributed by atoms with Gasteiger partial charge in [0.15, 0.2) is 0 Å². The highest BCUT2D eigenvalue weighted by Crippen LogP contribution is 2.19. The number of carbonyl (C=O) groups is 1. The molecule has 0 saturated heterocycles. The summed E-state index contributed by atoms with van der Waals surface area (Å²) in [5.74, 6) is 0.221. The standard InChI is InChI=1S/C18H19N3O4/c1-12(2)25-17-7-5-4-6-15(17)11-19-20-18(22)14-8-9-16(21(23)24)13(3)10-14/h4-12H,1-3H3,(H,20,22)/b19-11-. The minimum Gasteiger partial charge on any atom is -0.490 e. The molecule has 0 aromatic heterocycles. The van der Waals surface area contributed by atoms with Gasteiger partial charge in [-0.1, -0.05) is 12.1 Å². The SMILES string of the molecule is Cc1cc(C(=O)N/N=C\c2ccccc2OC(C)C)ccc1[N+](=O)[O-]. The first-order chi connectivity index (χ1) is 11.9. The molecule has 0 radical (unpaired) electrons. The van der Waals surface area contributed by atoms with Crippen LogP contribution in [0, 0.1) is 17.0 Å². The van der Waals surface area contributed by atoms with Gasteiger partial charge in [0.2, 0.25) is 0 Å². The first kappa shape index (κ1) is 18.1. The highest BCUT2D eigenvalue weighted by molar-refractivity contribution is 5.95. The number of rotatable bonds is 6. The van der Waals surface area contributed by atoms with Crippen molar-refractivity contribution in [1.82, 2.24) is 5.43 Å². The smallest absolute Gasteiger partial charge is 0.272 e. The number of ether oxygens (including phenoxy) is 1. The Hall–Kier alpha value is -3.22. The normalized spacial score (nSPS) is 10.9. The number of carbonyl (C=O) groups excluding carboxylic acids is 1. The molecule has 7 nitrogen and oxygen atoms in total. The first-order valence-electron chi connectivity index (χ1n) is 7.72. The highest BCUT2D eigenvalue weighted by atomic mass is 16.6. The maximum Gasteiger partial charge on any atom is 0.272 e. The van der Waals surface area contributed by atoms with Crippen LogP contribution in [-0.4, -0.2) is 23.1 Å². The lowest BCUT2D eigenvalue weighted by Gasteiger charge is -2.11. The zero-order valence-corrected chi connectivity index (χ0v) is 14.2. The van der Waals surface area contributed by atoms with Gasteiger partial charge in [-0.3, -0.25) is 14.9 Å². The molecule has 0 bridgehead atoms. The third-order valence-electron chi connectivity index (χ3n) is 3.31. The number of amides is 1. The number of hydrogen-bond donors (Lipinski definition) is 1. The van der Waals surface area contributed by atoms with E-state index in [0.29, 0.717) is 16.9 Å². The summed E-state index contributed by atoms with van der Waals surface area (Å²) in [6.45, 7) is 5.43. The number of benzene rings is 2. The molecular formula is C18H19N3O4. The van der Waals surface area contributed by atoms with Crippen LogP contribution < -0.4 is 10.2 Å². The zero-order valence-electron chi connectivity index (χ0n) is 14.2. The van der Waals surface area contributed by atoms with Crippen molar-refractivity contribution < 1.29 is 14.5 Å². The van der Waals surface area contributed by atoms with Gasteiger partial charge < -0.3 is 4.74 Å². The molecule has 7 heteroatoms. The van der Waals surface area contributed by atoms with Crippen molar-refractivity contribution in [3.8, 4) is 5.75 Å². The van der Waals surface area contributed by atoms with E-state index in [-0.39, 0.29) is 11.8 Å². The summed E-state index contributed by atoms with van der Waals surface area (Å²) < 4.78 is 5.67. The van der Waals surface area contributed by atoms with E-state index in [1.807, 2.05) is 38.1 Å². The molecule has 0 fully saturated rings. The lowest BCUT2D eigenvalue weighted by molar-refractivity contribution is -0.385. The van der Waals surface area contributed by atoms with Crippen LogP contribution in [0.15, 0.2) is 47.6 Å². The van der Waals surface area contributed by atoms with Crippen molar-refractivity contribution in [1.29, 1.82) is 0 Å². The lowest BCUT2D eigenvalue weighted by Crippen LogP contribution is -2.18. The van der Waals surface area contributed by atoms with Crippen LogP contribution in [0.3, 0.4) is 0 Å². The van der Waals surface area contributed by atoms with E-state index in [9.17, 15) is 14.9 Å². The van der Waals surface area contributed by atoms with Crippen LogP contribution in [0.1, 0.15) is 35.3 Å². The molecule has 0 spiro atoms. The maximum absolute atomic E-state index is 12.1. The van der Waals surface area contributed by atoms with Gasteiger partial charge in [-0.25, -0.2) is 5.43 Å². The lowest BCUT2D eigenvalue weighted by atomic mass is 10.1. The molecular weight excluding hydrogens is 322 g/mol. The topological polar surface area (TPSA) is 93.8 Å². The molecule has 0 heterocycles. The van der Waals surface area contributed by atoms with E-state index in [1.165, 1.54) is 24.4 Å². The second kappa shape index (κ2) is 8.05. The van der Waals surface area contributed by atoms with Crippen LogP contribution in [0.2, 0.25) is 0 Å². The van der Waals surface area contributed by atoms with Crippen LogP contribution >= 0.6 is 0 Å². The number of nitrogens with zero attached hydrogens (tertiary/aromatic N) is 2. The fourth-order valence-corrected chi connectivity index (χ4v) is 2.17. The molecule has 130 valence electrons. The number of nitro groups is 1. The number of para-hydroxylation sites is 1. The van der Waals surface area contributed by atoms with Crippen molar-refractivity contribution >= 4 is 17.8 Å². The third-order valence-corrected chi connectivity index (χ3v) is 3.31. The summed E-state index contributed by atoms with van der Waals surface area (Å²) >= 11 is 0. The van der Waals surface area contributed by atoms with Gasteiger partial charge in [0.05, 0.1) is 17.2 Å². The molecule has 2 rings (SSSR count). The largest absolute Gasteiger partial charge is 0.490 e. The molecule has 2 aromatic rings. The van der Waals surface area contributed by atoms with E-state index in [2.05, 4.69) is 10.5 Å². The van der Waals surface area contributed by atoms with E-state index >= 15 is 0 Å². The number of aryl methyl sites for hydroxylation is 1. The minimum absolute atomic E-state index is 0.0206. The Labute approximate surface area is 145 Å². The van der Waals surface area contributed by atoms with Crippen molar-refractivity contribution in [2.45, 2.75) is 26.9 Å². The monoisotopic (exact) mass is 341 g/mol. The quantitative estimate of drug-likeness (QED) is 0.494. The molecule has 0 aliphatic carbocycles. The molecule has 0 atom stereocenters. The van der Waals surface area contributed by atoms with Crippen LogP contribution in [-0.2, 0) is 0 Å². The molecule has 0 saturated carbocycles. The molecule has 1 amide bonds. The van der Waals surface area contributed by atoms with Gasteiger partial charge >= 0.3 is 0 Å². The first-order valence-corrected chi connectivity index (χ1v) is 7.72. The summed E-state index contributed by atoms with van der Waals surface area (Å²) in [4.78, 5) is 22.4. The van der Waals surface area contributed by atoms with Crippen molar-refractivity contribution in [3.63, 3.8) is 0 Å². The van der Waals surface area contributed by atoms with Gasteiger partial charge in [-0.15, -0.1) is 0 Å². The molecule has 25 heavy (non-hydrogen) atoms. The molecule has 0 aliphatic rings. The van der Waals surface area contributed by atoms with Gasteiger partial charge in [-0.05, 0) is 45.0 Å². The van der Waals surface area contributed by atoms with Gasteiger partial charge in [0.1, 0.15) is 5.75 Å². The molecule has 0 aliphatic heterocycles. The summed E-state index contributed by atoms with van der Waals surface area (Å²) in [6, 6.07) is 11.5. The van der Waals surface area contributed by atoms with Crippen molar-refractivity contribution in [3.05, 3.63) is 69.3 Å². The van der Waals surface area contributed by atoms with E-state index < -0.39 is 10.8 Å². The predicted octanol–water partition coefficient (Wildman–Crippen LogP) is 3.45. The van der Waals surface area contributed by atoms with E-state index in [1.54, 1.807) is 6.92 Å². The number of hydrogen-bond acceptors (Lipinski definition) is 5. The number of nitrogens with one attached hydrogen (secondary N) is 1. The van der Waals surface area contributed by atoms with Crippen LogP contribution in [0.25, 0.3) is 0 Å².